The summed E-state index contributed by atoms with van der Waals surface area (Å²) in [5.41, 5.74) is 1.33. The number of nitrogens with zero attached hydrogens (tertiary/aromatic N) is 2. The fourth-order valence-corrected chi connectivity index (χ4v) is 1.78. The van der Waals surface area contributed by atoms with Gasteiger partial charge in [-0.2, -0.15) is 0 Å². The highest BCUT2D eigenvalue weighted by Crippen LogP contribution is 2.08. The molecule has 0 aliphatic carbocycles. The van der Waals surface area contributed by atoms with E-state index in [0.717, 1.165) is 25.1 Å². The molecule has 106 valence electrons. The number of aliphatic hydroxyl groups is 1. The van der Waals surface area contributed by atoms with E-state index >= 15 is 0 Å². The van der Waals surface area contributed by atoms with E-state index in [-0.39, 0.29) is 12.5 Å². The van der Waals surface area contributed by atoms with Gasteiger partial charge in [-0.05, 0) is 25.5 Å². The SMILES string of the molecule is CCCCN(CCO)C(=O)c1ccc(NCC)cn1. The van der Waals surface area contributed by atoms with Crippen LogP contribution in [0.1, 0.15) is 37.2 Å². The van der Waals surface area contributed by atoms with Crippen LogP contribution in [0.2, 0.25) is 0 Å². The molecule has 0 radical (unpaired) electrons. The molecule has 0 unspecified atom stereocenters. The van der Waals surface area contributed by atoms with Gasteiger partial charge in [0.05, 0.1) is 18.5 Å². The Kier molecular flexibility index (Phi) is 6.89. The van der Waals surface area contributed by atoms with Crippen LogP contribution >= 0.6 is 0 Å². The van der Waals surface area contributed by atoms with Crippen LogP contribution in [0, 0.1) is 0 Å². The number of aromatic nitrogens is 1. The average molecular weight is 265 g/mol. The summed E-state index contributed by atoms with van der Waals surface area (Å²) >= 11 is 0. The van der Waals surface area contributed by atoms with E-state index in [1.165, 1.54) is 0 Å². The summed E-state index contributed by atoms with van der Waals surface area (Å²) in [5.74, 6) is -0.120. The van der Waals surface area contributed by atoms with Crippen molar-refractivity contribution < 1.29 is 9.90 Å². The van der Waals surface area contributed by atoms with Gasteiger partial charge in [0.2, 0.25) is 0 Å². The lowest BCUT2D eigenvalue weighted by molar-refractivity contribution is 0.0713. The third-order valence-corrected chi connectivity index (χ3v) is 2.80. The highest BCUT2D eigenvalue weighted by atomic mass is 16.3. The first kappa shape index (κ1) is 15.4. The van der Waals surface area contributed by atoms with Gasteiger partial charge in [0.25, 0.3) is 5.91 Å². The highest BCUT2D eigenvalue weighted by molar-refractivity contribution is 5.92. The summed E-state index contributed by atoms with van der Waals surface area (Å²) in [6, 6.07) is 3.57. The van der Waals surface area contributed by atoms with Crippen molar-refractivity contribution in [2.24, 2.45) is 0 Å². The number of pyridine rings is 1. The van der Waals surface area contributed by atoms with E-state index in [4.69, 9.17) is 5.11 Å². The first-order valence-electron chi connectivity index (χ1n) is 6.83. The zero-order valence-electron chi connectivity index (χ0n) is 11.7. The van der Waals surface area contributed by atoms with Gasteiger partial charge in [-0.1, -0.05) is 13.3 Å². The fourth-order valence-electron chi connectivity index (χ4n) is 1.78. The third-order valence-electron chi connectivity index (χ3n) is 2.80. The summed E-state index contributed by atoms with van der Waals surface area (Å²) in [6.07, 6.45) is 3.61. The maximum absolute atomic E-state index is 12.2. The van der Waals surface area contributed by atoms with Crippen LogP contribution in [-0.4, -0.2) is 47.1 Å². The molecule has 0 saturated carbocycles. The van der Waals surface area contributed by atoms with Crippen molar-refractivity contribution >= 4 is 11.6 Å². The Bertz CT molecular complexity index is 379. The number of aliphatic hydroxyl groups excluding tert-OH is 1. The van der Waals surface area contributed by atoms with E-state index in [1.807, 2.05) is 13.0 Å². The van der Waals surface area contributed by atoms with Gasteiger partial charge < -0.3 is 15.3 Å². The molecule has 0 atom stereocenters. The molecule has 5 heteroatoms. The predicted octanol–water partition coefficient (Wildman–Crippen LogP) is 1.75. The second-order valence-electron chi connectivity index (χ2n) is 4.33. The number of unbranched alkanes of at least 4 members (excludes halogenated alkanes) is 1. The topological polar surface area (TPSA) is 65.5 Å². The summed E-state index contributed by atoms with van der Waals surface area (Å²) < 4.78 is 0. The van der Waals surface area contributed by atoms with Crippen molar-refractivity contribution in [1.82, 2.24) is 9.88 Å². The van der Waals surface area contributed by atoms with Crippen molar-refractivity contribution in [2.45, 2.75) is 26.7 Å². The van der Waals surface area contributed by atoms with E-state index < -0.39 is 0 Å². The van der Waals surface area contributed by atoms with Gasteiger partial charge >= 0.3 is 0 Å². The number of anilines is 1. The summed E-state index contributed by atoms with van der Waals surface area (Å²) in [5, 5.41) is 12.2. The van der Waals surface area contributed by atoms with Gasteiger partial charge in [0.15, 0.2) is 0 Å². The molecule has 0 aromatic carbocycles. The number of amides is 1. The number of carbonyl (C=O) groups is 1. The van der Waals surface area contributed by atoms with Crippen molar-refractivity contribution in [3.63, 3.8) is 0 Å². The van der Waals surface area contributed by atoms with Crippen LogP contribution in [0.15, 0.2) is 18.3 Å². The Labute approximate surface area is 114 Å². The van der Waals surface area contributed by atoms with E-state index in [1.54, 1.807) is 17.2 Å². The number of hydrogen-bond donors (Lipinski definition) is 2. The van der Waals surface area contributed by atoms with E-state index in [2.05, 4.69) is 17.2 Å². The van der Waals surface area contributed by atoms with Crippen LogP contribution in [0.5, 0.6) is 0 Å². The summed E-state index contributed by atoms with van der Waals surface area (Å²) in [7, 11) is 0. The number of rotatable bonds is 8. The van der Waals surface area contributed by atoms with E-state index in [9.17, 15) is 4.79 Å². The standard InChI is InChI=1S/C14H23N3O2/c1-3-5-8-17(9-10-18)14(19)13-7-6-12(11-16-13)15-4-2/h6-7,11,15,18H,3-5,8-10H2,1-2H3. The van der Waals surface area contributed by atoms with Gasteiger partial charge in [-0.15, -0.1) is 0 Å². The molecule has 1 amide bonds. The largest absolute Gasteiger partial charge is 0.395 e. The molecule has 5 nitrogen and oxygen atoms in total. The number of nitrogens with one attached hydrogen (secondary N) is 1. The van der Waals surface area contributed by atoms with Gasteiger partial charge in [0, 0.05) is 19.6 Å². The molecule has 0 fully saturated rings. The molecular weight excluding hydrogens is 242 g/mol. The predicted molar refractivity (Wildman–Crippen MR) is 76.3 cm³/mol. The summed E-state index contributed by atoms with van der Waals surface area (Å²) in [4.78, 5) is 18.1. The molecule has 2 N–H and O–H groups in total. The lowest BCUT2D eigenvalue weighted by atomic mass is 10.2. The van der Waals surface area contributed by atoms with Crippen molar-refractivity contribution in [3.05, 3.63) is 24.0 Å². The molecule has 1 aromatic heterocycles. The Morgan fingerprint density at radius 2 is 2.16 bits per heavy atom. The first-order valence-corrected chi connectivity index (χ1v) is 6.83. The zero-order valence-corrected chi connectivity index (χ0v) is 11.7. The van der Waals surface area contributed by atoms with Crippen LogP contribution in [0.4, 0.5) is 5.69 Å². The normalized spacial score (nSPS) is 10.3. The smallest absolute Gasteiger partial charge is 0.272 e. The van der Waals surface area contributed by atoms with Crippen LogP contribution in [0.3, 0.4) is 0 Å². The number of hydrogen-bond acceptors (Lipinski definition) is 4. The molecule has 0 saturated heterocycles. The monoisotopic (exact) mass is 265 g/mol. The zero-order chi connectivity index (χ0) is 14.1. The van der Waals surface area contributed by atoms with Crippen molar-refractivity contribution in [2.75, 3.05) is 31.6 Å². The average Bonchev–Trinajstić information content (AvgIpc) is 2.44. The second-order valence-corrected chi connectivity index (χ2v) is 4.33. The van der Waals surface area contributed by atoms with Gasteiger partial charge in [-0.25, -0.2) is 4.98 Å². The molecule has 1 rings (SSSR count). The molecule has 0 bridgehead atoms. The number of carbonyl (C=O) groups excluding carboxylic acids is 1. The summed E-state index contributed by atoms with van der Waals surface area (Å²) in [6.45, 7) is 5.90. The van der Waals surface area contributed by atoms with E-state index in [0.29, 0.717) is 18.8 Å². The molecule has 19 heavy (non-hydrogen) atoms. The Morgan fingerprint density at radius 1 is 1.37 bits per heavy atom. The Balaban J connectivity index is 2.71. The third kappa shape index (κ3) is 4.87. The van der Waals surface area contributed by atoms with Crippen LogP contribution in [-0.2, 0) is 0 Å². The van der Waals surface area contributed by atoms with Crippen molar-refractivity contribution in [3.8, 4) is 0 Å². The second kappa shape index (κ2) is 8.48. The molecule has 1 heterocycles. The quantitative estimate of drug-likeness (QED) is 0.751. The minimum atomic E-state index is -0.120. The van der Waals surface area contributed by atoms with Gasteiger partial charge in [0.1, 0.15) is 5.69 Å². The maximum atomic E-state index is 12.2. The molecular formula is C14H23N3O2. The van der Waals surface area contributed by atoms with Gasteiger partial charge in [-0.3, -0.25) is 4.79 Å². The molecule has 0 spiro atoms. The Morgan fingerprint density at radius 3 is 2.68 bits per heavy atom. The Hall–Kier alpha value is -1.62. The fraction of sp³-hybridized carbons (Fsp3) is 0.571. The molecule has 0 aliphatic heterocycles. The molecule has 0 aliphatic rings. The maximum Gasteiger partial charge on any atom is 0.272 e. The minimum Gasteiger partial charge on any atom is -0.395 e. The highest BCUT2D eigenvalue weighted by Gasteiger charge is 2.15. The lowest BCUT2D eigenvalue weighted by Gasteiger charge is -2.21. The lowest BCUT2D eigenvalue weighted by Crippen LogP contribution is -2.34. The van der Waals surface area contributed by atoms with Crippen LogP contribution in [0.25, 0.3) is 0 Å². The first-order chi connectivity index (χ1) is 9.22. The van der Waals surface area contributed by atoms with Crippen molar-refractivity contribution in [1.29, 1.82) is 0 Å². The minimum absolute atomic E-state index is 0.0229. The van der Waals surface area contributed by atoms with Crippen LogP contribution < -0.4 is 5.32 Å². The molecule has 1 aromatic rings.